The van der Waals surface area contributed by atoms with Gasteiger partial charge in [0.2, 0.25) is 0 Å². The zero-order chi connectivity index (χ0) is 13.5. The molecule has 0 spiro atoms. The summed E-state index contributed by atoms with van der Waals surface area (Å²) in [5, 5.41) is 5.86. The Labute approximate surface area is 116 Å². The lowest BCUT2D eigenvalue weighted by atomic mass is 10.1. The maximum atomic E-state index is 11.2. The molecule has 4 nitrogen and oxygen atoms in total. The van der Waals surface area contributed by atoms with E-state index >= 15 is 0 Å². The maximum Gasteiger partial charge on any atom is 0.257 e. The number of carbonyl (C=O) groups is 1. The van der Waals surface area contributed by atoms with Crippen LogP contribution in [0.5, 0.6) is 5.75 Å². The van der Waals surface area contributed by atoms with Crippen molar-refractivity contribution >= 4 is 21.8 Å². The van der Waals surface area contributed by atoms with Crippen molar-refractivity contribution in [3.63, 3.8) is 0 Å². The molecule has 5 heteroatoms. The van der Waals surface area contributed by atoms with Crippen LogP contribution in [-0.4, -0.2) is 26.1 Å². The molecule has 0 fully saturated rings. The van der Waals surface area contributed by atoms with E-state index in [1.54, 1.807) is 7.05 Å². The van der Waals surface area contributed by atoms with Gasteiger partial charge in [-0.2, -0.15) is 0 Å². The Hall–Kier alpha value is -1.07. The van der Waals surface area contributed by atoms with Gasteiger partial charge in [0.05, 0.1) is 0 Å². The minimum atomic E-state index is -0.139. The summed E-state index contributed by atoms with van der Waals surface area (Å²) in [4.78, 5) is 11.2. The highest BCUT2D eigenvalue weighted by Gasteiger charge is 2.12. The molecule has 0 saturated carbocycles. The Balaban J connectivity index is 2.85. The Bertz CT molecular complexity index is 410. The molecular weight excluding hydrogens is 296 g/mol. The van der Waals surface area contributed by atoms with Crippen molar-refractivity contribution in [2.24, 2.45) is 0 Å². The summed E-state index contributed by atoms with van der Waals surface area (Å²) in [6.45, 7) is 5.03. The quantitative estimate of drug-likeness (QED) is 0.846. The monoisotopic (exact) mass is 314 g/mol. The second-order valence-electron chi connectivity index (χ2n) is 3.92. The number of nitrogens with one attached hydrogen (secondary N) is 2. The predicted molar refractivity (Wildman–Crippen MR) is 75.8 cm³/mol. The Morgan fingerprint density at radius 3 is 2.83 bits per heavy atom. The molecule has 0 radical (unpaired) electrons. The van der Waals surface area contributed by atoms with Crippen LogP contribution in [0.4, 0.5) is 0 Å². The molecule has 0 heterocycles. The fourth-order valence-corrected chi connectivity index (χ4v) is 2.00. The third-order valence-corrected chi connectivity index (χ3v) is 3.08. The fraction of sp³-hybridized carbons (Fsp3) is 0.462. The second kappa shape index (κ2) is 7.38. The van der Waals surface area contributed by atoms with E-state index < -0.39 is 0 Å². The zero-order valence-electron chi connectivity index (χ0n) is 10.9. The summed E-state index contributed by atoms with van der Waals surface area (Å²) in [7, 11) is 1.59. The summed E-state index contributed by atoms with van der Waals surface area (Å²) in [6, 6.07) is 5.96. The first-order valence-corrected chi connectivity index (χ1v) is 6.74. The Morgan fingerprint density at radius 1 is 1.50 bits per heavy atom. The van der Waals surface area contributed by atoms with Crippen molar-refractivity contribution in [3.8, 4) is 5.75 Å². The van der Waals surface area contributed by atoms with Crippen LogP contribution in [0.1, 0.15) is 25.5 Å². The molecule has 0 aliphatic heterocycles. The van der Waals surface area contributed by atoms with Crippen LogP contribution in [0.15, 0.2) is 22.7 Å². The average Bonchev–Trinajstić information content (AvgIpc) is 2.37. The van der Waals surface area contributed by atoms with Crippen LogP contribution >= 0.6 is 15.9 Å². The number of hydrogen-bond donors (Lipinski definition) is 2. The van der Waals surface area contributed by atoms with E-state index in [0.29, 0.717) is 0 Å². The van der Waals surface area contributed by atoms with Crippen molar-refractivity contribution < 1.29 is 9.53 Å². The first-order valence-electron chi connectivity index (χ1n) is 5.94. The number of benzene rings is 1. The van der Waals surface area contributed by atoms with Crippen molar-refractivity contribution in [2.75, 3.05) is 20.2 Å². The predicted octanol–water partition coefficient (Wildman–Crippen LogP) is 2.24. The fourth-order valence-electron chi connectivity index (χ4n) is 1.62. The SMILES string of the molecule is CCNC(C)c1cc(Br)ccc1OCC(=O)NC. The number of likely N-dealkylation sites (N-methyl/N-ethyl adjacent to an activating group) is 1. The molecule has 1 aromatic carbocycles. The van der Waals surface area contributed by atoms with Crippen LogP contribution in [-0.2, 0) is 4.79 Å². The van der Waals surface area contributed by atoms with Crippen LogP contribution in [0, 0.1) is 0 Å². The molecule has 1 unspecified atom stereocenters. The lowest BCUT2D eigenvalue weighted by molar-refractivity contribution is -0.122. The molecule has 1 rings (SSSR count). The molecule has 2 N–H and O–H groups in total. The number of carbonyl (C=O) groups excluding carboxylic acids is 1. The van der Waals surface area contributed by atoms with Gasteiger partial charge < -0.3 is 15.4 Å². The topological polar surface area (TPSA) is 50.4 Å². The minimum Gasteiger partial charge on any atom is -0.483 e. The van der Waals surface area contributed by atoms with Crippen LogP contribution < -0.4 is 15.4 Å². The molecule has 0 aliphatic rings. The molecule has 0 aromatic heterocycles. The van der Waals surface area contributed by atoms with Gasteiger partial charge >= 0.3 is 0 Å². The normalized spacial score (nSPS) is 12.0. The van der Waals surface area contributed by atoms with Gasteiger partial charge in [0.1, 0.15) is 5.75 Å². The third kappa shape index (κ3) is 4.31. The highest BCUT2D eigenvalue weighted by Crippen LogP contribution is 2.28. The smallest absolute Gasteiger partial charge is 0.257 e. The highest BCUT2D eigenvalue weighted by molar-refractivity contribution is 9.10. The van der Waals surface area contributed by atoms with E-state index in [9.17, 15) is 4.79 Å². The summed E-state index contributed by atoms with van der Waals surface area (Å²) in [5.74, 6) is 0.593. The maximum absolute atomic E-state index is 11.2. The van der Waals surface area contributed by atoms with Crippen molar-refractivity contribution in [2.45, 2.75) is 19.9 Å². The van der Waals surface area contributed by atoms with Crippen LogP contribution in [0.25, 0.3) is 0 Å². The van der Waals surface area contributed by atoms with Gasteiger partial charge in [0, 0.05) is 23.1 Å². The molecule has 1 aromatic rings. The summed E-state index contributed by atoms with van der Waals surface area (Å²) in [6.07, 6.45) is 0. The number of amides is 1. The lowest BCUT2D eigenvalue weighted by Gasteiger charge is -2.17. The Kier molecular flexibility index (Phi) is 6.15. The van der Waals surface area contributed by atoms with Gasteiger partial charge in [-0.05, 0) is 31.7 Å². The van der Waals surface area contributed by atoms with E-state index in [4.69, 9.17) is 4.74 Å². The van der Waals surface area contributed by atoms with E-state index in [0.717, 1.165) is 22.3 Å². The largest absolute Gasteiger partial charge is 0.483 e. The molecule has 0 saturated heterocycles. The van der Waals surface area contributed by atoms with Crippen LogP contribution in [0.2, 0.25) is 0 Å². The number of rotatable bonds is 6. The molecule has 0 aliphatic carbocycles. The molecule has 1 atom stereocenters. The van der Waals surface area contributed by atoms with E-state index in [1.165, 1.54) is 0 Å². The summed E-state index contributed by atoms with van der Waals surface area (Å²) in [5.41, 5.74) is 1.04. The summed E-state index contributed by atoms with van der Waals surface area (Å²) < 4.78 is 6.53. The van der Waals surface area contributed by atoms with Gasteiger partial charge in [-0.3, -0.25) is 4.79 Å². The van der Waals surface area contributed by atoms with E-state index in [1.807, 2.05) is 18.2 Å². The van der Waals surface area contributed by atoms with Crippen molar-refractivity contribution in [1.82, 2.24) is 10.6 Å². The van der Waals surface area contributed by atoms with Gasteiger partial charge in [-0.1, -0.05) is 22.9 Å². The minimum absolute atomic E-state index is 0.0317. The molecule has 0 bridgehead atoms. The van der Waals surface area contributed by atoms with Gasteiger partial charge in [0.15, 0.2) is 6.61 Å². The van der Waals surface area contributed by atoms with Gasteiger partial charge in [-0.25, -0.2) is 0 Å². The van der Waals surface area contributed by atoms with Crippen molar-refractivity contribution in [3.05, 3.63) is 28.2 Å². The molecule has 18 heavy (non-hydrogen) atoms. The molecule has 100 valence electrons. The first kappa shape index (κ1) is 15.0. The lowest BCUT2D eigenvalue weighted by Crippen LogP contribution is -2.25. The summed E-state index contributed by atoms with van der Waals surface area (Å²) >= 11 is 3.45. The van der Waals surface area contributed by atoms with E-state index in [-0.39, 0.29) is 18.6 Å². The molecular formula is C13H19BrN2O2. The van der Waals surface area contributed by atoms with Gasteiger partial charge in [-0.15, -0.1) is 0 Å². The van der Waals surface area contributed by atoms with Gasteiger partial charge in [0.25, 0.3) is 5.91 Å². The average molecular weight is 315 g/mol. The standard InChI is InChI=1S/C13H19BrN2O2/c1-4-16-9(2)11-7-10(14)5-6-12(11)18-8-13(17)15-3/h5-7,9,16H,4,8H2,1-3H3,(H,15,17). The highest BCUT2D eigenvalue weighted by atomic mass is 79.9. The molecule has 1 amide bonds. The Morgan fingerprint density at radius 2 is 2.22 bits per heavy atom. The van der Waals surface area contributed by atoms with E-state index in [2.05, 4.69) is 40.4 Å². The van der Waals surface area contributed by atoms with Crippen molar-refractivity contribution in [1.29, 1.82) is 0 Å². The zero-order valence-corrected chi connectivity index (χ0v) is 12.5. The number of halogens is 1. The third-order valence-electron chi connectivity index (χ3n) is 2.59. The number of ether oxygens (including phenoxy) is 1. The number of hydrogen-bond acceptors (Lipinski definition) is 3. The second-order valence-corrected chi connectivity index (χ2v) is 4.84. The first-order chi connectivity index (χ1) is 8.58. The van der Waals surface area contributed by atoms with Crippen LogP contribution in [0.3, 0.4) is 0 Å².